The van der Waals surface area contributed by atoms with Crippen LogP contribution in [0.15, 0.2) is 0 Å². The SMILES string of the molecule is CCNC(C)CCN1CCS(=O)CC1. The van der Waals surface area contributed by atoms with Gasteiger partial charge < -0.3 is 10.2 Å². The lowest BCUT2D eigenvalue weighted by atomic mass is 10.2. The van der Waals surface area contributed by atoms with E-state index in [4.69, 9.17) is 0 Å². The maximum atomic E-state index is 11.1. The van der Waals surface area contributed by atoms with E-state index >= 15 is 0 Å². The highest BCUT2D eigenvalue weighted by atomic mass is 32.2. The van der Waals surface area contributed by atoms with Crippen LogP contribution >= 0.6 is 0 Å². The molecule has 0 aromatic heterocycles. The van der Waals surface area contributed by atoms with Crippen molar-refractivity contribution in [3.63, 3.8) is 0 Å². The Kier molecular flexibility index (Phi) is 5.67. The van der Waals surface area contributed by atoms with Crippen molar-refractivity contribution in [3.8, 4) is 0 Å². The number of hydrogen-bond acceptors (Lipinski definition) is 3. The summed E-state index contributed by atoms with van der Waals surface area (Å²) in [7, 11) is -0.536. The third-order valence-electron chi connectivity index (χ3n) is 2.70. The molecule has 1 aliphatic rings. The first-order valence-corrected chi connectivity index (χ1v) is 7.02. The largest absolute Gasteiger partial charge is 0.314 e. The zero-order valence-corrected chi connectivity index (χ0v) is 10.1. The van der Waals surface area contributed by atoms with Crippen LogP contribution in [0.3, 0.4) is 0 Å². The maximum Gasteiger partial charge on any atom is 0.0363 e. The highest BCUT2D eigenvalue weighted by Crippen LogP contribution is 2.02. The van der Waals surface area contributed by atoms with Gasteiger partial charge in [-0.3, -0.25) is 4.21 Å². The molecule has 0 bridgehead atoms. The fourth-order valence-electron chi connectivity index (χ4n) is 1.73. The van der Waals surface area contributed by atoms with E-state index in [9.17, 15) is 4.21 Å². The van der Waals surface area contributed by atoms with E-state index in [0.717, 1.165) is 37.7 Å². The molecular formula is C10H22N2OS. The fraction of sp³-hybridized carbons (Fsp3) is 1.00. The molecular weight excluding hydrogens is 196 g/mol. The number of nitrogens with one attached hydrogen (secondary N) is 1. The number of hydrogen-bond donors (Lipinski definition) is 1. The summed E-state index contributed by atoms with van der Waals surface area (Å²) in [5, 5.41) is 3.41. The van der Waals surface area contributed by atoms with Gasteiger partial charge in [-0.1, -0.05) is 6.92 Å². The van der Waals surface area contributed by atoms with Crippen LogP contribution < -0.4 is 5.32 Å². The van der Waals surface area contributed by atoms with Gasteiger partial charge in [0.2, 0.25) is 0 Å². The summed E-state index contributed by atoms with van der Waals surface area (Å²) in [6.45, 7) is 8.60. The van der Waals surface area contributed by atoms with Gasteiger partial charge in [0.25, 0.3) is 0 Å². The van der Waals surface area contributed by atoms with Gasteiger partial charge in [-0.15, -0.1) is 0 Å². The van der Waals surface area contributed by atoms with Crippen LogP contribution in [-0.2, 0) is 10.8 Å². The molecule has 1 heterocycles. The standard InChI is InChI=1S/C10H22N2OS/c1-3-11-10(2)4-5-12-6-8-14(13)9-7-12/h10-11H,3-9H2,1-2H3. The van der Waals surface area contributed by atoms with Crippen LogP contribution in [0.5, 0.6) is 0 Å². The maximum absolute atomic E-state index is 11.1. The molecule has 1 saturated heterocycles. The predicted molar refractivity (Wildman–Crippen MR) is 62.1 cm³/mol. The lowest BCUT2D eigenvalue weighted by Crippen LogP contribution is -2.40. The molecule has 0 amide bonds. The molecule has 1 atom stereocenters. The van der Waals surface area contributed by atoms with Gasteiger partial charge in [0.15, 0.2) is 0 Å². The molecule has 0 aromatic rings. The summed E-state index contributed by atoms with van der Waals surface area (Å²) in [6, 6.07) is 0.604. The predicted octanol–water partition coefficient (Wildman–Crippen LogP) is 0.439. The van der Waals surface area contributed by atoms with Crippen LogP contribution in [0.4, 0.5) is 0 Å². The molecule has 0 aliphatic carbocycles. The summed E-state index contributed by atoms with van der Waals surface area (Å²) >= 11 is 0. The van der Waals surface area contributed by atoms with Gasteiger partial charge >= 0.3 is 0 Å². The van der Waals surface area contributed by atoms with Crippen LogP contribution in [0.25, 0.3) is 0 Å². The number of rotatable bonds is 5. The Balaban J connectivity index is 2.09. The molecule has 14 heavy (non-hydrogen) atoms. The Labute approximate surface area is 89.7 Å². The van der Waals surface area contributed by atoms with Crippen LogP contribution in [-0.4, -0.2) is 52.8 Å². The van der Waals surface area contributed by atoms with Crippen molar-refractivity contribution in [2.75, 3.05) is 37.7 Å². The van der Waals surface area contributed by atoms with Crippen LogP contribution in [0, 0.1) is 0 Å². The molecule has 0 radical (unpaired) electrons. The van der Waals surface area contributed by atoms with E-state index < -0.39 is 10.8 Å². The third-order valence-corrected chi connectivity index (χ3v) is 3.98. The van der Waals surface area contributed by atoms with Crippen LogP contribution in [0.2, 0.25) is 0 Å². The third kappa shape index (κ3) is 4.53. The fourth-order valence-corrected chi connectivity index (χ4v) is 2.85. The molecule has 1 N–H and O–H groups in total. The van der Waals surface area contributed by atoms with Gasteiger partial charge in [0, 0.05) is 41.4 Å². The van der Waals surface area contributed by atoms with Gasteiger partial charge in [-0.25, -0.2) is 0 Å². The first-order valence-electron chi connectivity index (χ1n) is 5.53. The van der Waals surface area contributed by atoms with Gasteiger partial charge in [-0.05, 0) is 26.4 Å². The summed E-state index contributed by atoms with van der Waals surface area (Å²) in [6.07, 6.45) is 1.19. The normalized spacial score (nSPS) is 22.4. The average Bonchev–Trinajstić information content (AvgIpc) is 2.17. The summed E-state index contributed by atoms with van der Waals surface area (Å²) in [4.78, 5) is 2.43. The summed E-state index contributed by atoms with van der Waals surface area (Å²) in [5.74, 6) is 1.74. The van der Waals surface area contributed by atoms with E-state index in [-0.39, 0.29) is 0 Å². The number of nitrogens with zero attached hydrogens (tertiary/aromatic N) is 1. The topological polar surface area (TPSA) is 32.3 Å². The van der Waals surface area contributed by atoms with Crippen molar-refractivity contribution >= 4 is 10.8 Å². The van der Waals surface area contributed by atoms with Gasteiger partial charge in [0.1, 0.15) is 0 Å². The summed E-state index contributed by atoms with van der Waals surface area (Å²) in [5.41, 5.74) is 0. The molecule has 3 nitrogen and oxygen atoms in total. The Morgan fingerprint density at radius 3 is 2.64 bits per heavy atom. The minimum Gasteiger partial charge on any atom is -0.314 e. The van der Waals surface area contributed by atoms with E-state index in [1.54, 1.807) is 0 Å². The van der Waals surface area contributed by atoms with E-state index in [2.05, 4.69) is 24.1 Å². The van der Waals surface area contributed by atoms with Crippen molar-refractivity contribution in [2.24, 2.45) is 0 Å². The first-order chi connectivity index (χ1) is 6.72. The quantitative estimate of drug-likeness (QED) is 0.727. The lowest BCUT2D eigenvalue weighted by Gasteiger charge is -2.27. The van der Waals surface area contributed by atoms with Crippen LogP contribution in [0.1, 0.15) is 20.3 Å². The molecule has 1 rings (SSSR count). The molecule has 0 aromatic carbocycles. The summed E-state index contributed by atoms with van der Waals surface area (Å²) < 4.78 is 11.1. The monoisotopic (exact) mass is 218 g/mol. The van der Waals surface area contributed by atoms with Gasteiger partial charge in [-0.2, -0.15) is 0 Å². The zero-order valence-electron chi connectivity index (χ0n) is 9.29. The Morgan fingerprint density at radius 2 is 2.07 bits per heavy atom. The van der Waals surface area contributed by atoms with Crippen molar-refractivity contribution in [2.45, 2.75) is 26.3 Å². The minimum absolute atomic E-state index is 0.536. The Morgan fingerprint density at radius 1 is 1.43 bits per heavy atom. The smallest absolute Gasteiger partial charge is 0.0363 e. The second-order valence-corrected chi connectivity index (χ2v) is 5.63. The Hall–Kier alpha value is 0.0700. The Bertz CT molecular complexity index is 177. The highest BCUT2D eigenvalue weighted by molar-refractivity contribution is 7.85. The molecule has 4 heteroatoms. The van der Waals surface area contributed by atoms with Crippen molar-refractivity contribution in [1.29, 1.82) is 0 Å². The van der Waals surface area contributed by atoms with E-state index in [0.29, 0.717) is 6.04 Å². The highest BCUT2D eigenvalue weighted by Gasteiger charge is 2.14. The lowest BCUT2D eigenvalue weighted by molar-refractivity contribution is 0.281. The van der Waals surface area contributed by atoms with Crippen molar-refractivity contribution in [3.05, 3.63) is 0 Å². The molecule has 84 valence electrons. The molecule has 0 saturated carbocycles. The average molecular weight is 218 g/mol. The van der Waals surface area contributed by atoms with E-state index in [1.165, 1.54) is 6.42 Å². The molecule has 1 fully saturated rings. The van der Waals surface area contributed by atoms with Crippen molar-refractivity contribution in [1.82, 2.24) is 10.2 Å². The minimum atomic E-state index is -0.536. The second kappa shape index (κ2) is 6.53. The van der Waals surface area contributed by atoms with E-state index in [1.807, 2.05) is 0 Å². The van der Waals surface area contributed by atoms with Crippen molar-refractivity contribution < 1.29 is 4.21 Å². The molecule has 1 unspecified atom stereocenters. The second-order valence-electron chi connectivity index (χ2n) is 3.94. The molecule has 0 spiro atoms. The molecule has 1 aliphatic heterocycles. The first kappa shape index (κ1) is 12.1. The zero-order chi connectivity index (χ0) is 10.4. The van der Waals surface area contributed by atoms with Gasteiger partial charge in [0.05, 0.1) is 0 Å².